The van der Waals surface area contributed by atoms with E-state index in [0.717, 1.165) is 16.8 Å². The van der Waals surface area contributed by atoms with E-state index in [4.69, 9.17) is 4.52 Å². The van der Waals surface area contributed by atoms with Gasteiger partial charge in [-0.2, -0.15) is 0 Å². The van der Waals surface area contributed by atoms with Crippen LogP contribution in [0.1, 0.15) is 61.0 Å². The highest BCUT2D eigenvalue weighted by Crippen LogP contribution is 2.19. The molecule has 4 heteroatoms. The second kappa shape index (κ2) is 7.62. The lowest BCUT2D eigenvalue weighted by atomic mass is 10.1. The van der Waals surface area contributed by atoms with Crippen LogP contribution in [0.15, 0.2) is 28.8 Å². The topological polar surface area (TPSA) is 55.1 Å². The summed E-state index contributed by atoms with van der Waals surface area (Å²) in [5.41, 5.74) is 3.24. The number of nitrogens with zero attached hydrogens (tertiary/aromatic N) is 1. The van der Waals surface area contributed by atoms with Gasteiger partial charge in [0.15, 0.2) is 5.69 Å². The van der Waals surface area contributed by atoms with Gasteiger partial charge in [0.2, 0.25) is 0 Å². The van der Waals surface area contributed by atoms with Crippen molar-refractivity contribution in [3.63, 3.8) is 0 Å². The van der Waals surface area contributed by atoms with E-state index in [9.17, 15) is 4.79 Å². The van der Waals surface area contributed by atoms with Crippen molar-refractivity contribution >= 4 is 11.6 Å². The number of nitrogens with one attached hydrogen (secondary N) is 1. The molecule has 1 heterocycles. The minimum atomic E-state index is -0.246. The maximum atomic E-state index is 12.1. The quantitative estimate of drug-likeness (QED) is 0.891. The second-order valence-corrected chi connectivity index (χ2v) is 5.04. The summed E-state index contributed by atoms with van der Waals surface area (Å²) in [6.45, 7) is 11.9. The molecular formula is C17H24N2O2. The van der Waals surface area contributed by atoms with Crippen LogP contribution >= 0.6 is 0 Å². The Morgan fingerprint density at radius 1 is 1.19 bits per heavy atom. The summed E-state index contributed by atoms with van der Waals surface area (Å²) in [7, 11) is 0. The van der Waals surface area contributed by atoms with Crippen molar-refractivity contribution in [3.05, 3.63) is 46.8 Å². The van der Waals surface area contributed by atoms with Crippen molar-refractivity contribution in [2.24, 2.45) is 0 Å². The third kappa shape index (κ3) is 4.45. The molecule has 0 unspecified atom stereocenters. The molecule has 0 aliphatic carbocycles. The molecular weight excluding hydrogens is 264 g/mol. The zero-order valence-corrected chi connectivity index (χ0v) is 13.7. The summed E-state index contributed by atoms with van der Waals surface area (Å²) in [5.74, 6) is 0.685. The standard InChI is InChI=1S/C15H18N2O2.C2H6/c1-9(2)14-8-13(17-19-14)15(18)16-12-7-10(3)5-6-11(12)4;1-2/h5-9H,1-4H3,(H,16,18);1-2H3. The molecule has 0 saturated heterocycles. The van der Waals surface area contributed by atoms with Crippen LogP contribution in [0.5, 0.6) is 0 Å². The van der Waals surface area contributed by atoms with E-state index < -0.39 is 0 Å². The molecule has 0 atom stereocenters. The third-order valence-electron chi connectivity index (χ3n) is 2.97. The highest BCUT2D eigenvalue weighted by molar-refractivity contribution is 6.03. The lowest BCUT2D eigenvalue weighted by molar-refractivity contribution is 0.101. The highest BCUT2D eigenvalue weighted by Gasteiger charge is 2.15. The molecule has 0 radical (unpaired) electrons. The Kier molecular flexibility index (Phi) is 6.15. The predicted molar refractivity (Wildman–Crippen MR) is 85.8 cm³/mol. The molecule has 1 aromatic heterocycles. The van der Waals surface area contributed by atoms with Gasteiger partial charge in [-0.3, -0.25) is 4.79 Å². The molecule has 1 amide bonds. The fourth-order valence-corrected chi connectivity index (χ4v) is 1.73. The lowest BCUT2D eigenvalue weighted by Crippen LogP contribution is -2.13. The van der Waals surface area contributed by atoms with E-state index >= 15 is 0 Å². The van der Waals surface area contributed by atoms with Gasteiger partial charge >= 0.3 is 0 Å². The molecule has 0 aliphatic rings. The van der Waals surface area contributed by atoms with E-state index in [0.29, 0.717) is 11.5 Å². The molecule has 2 rings (SSSR count). The number of amides is 1. The van der Waals surface area contributed by atoms with Crippen LogP contribution in [0.4, 0.5) is 5.69 Å². The maximum Gasteiger partial charge on any atom is 0.277 e. The van der Waals surface area contributed by atoms with Crippen LogP contribution in [-0.2, 0) is 0 Å². The Bertz CT molecular complexity index is 601. The van der Waals surface area contributed by atoms with Gasteiger partial charge in [-0.1, -0.05) is 45.0 Å². The van der Waals surface area contributed by atoms with E-state index in [-0.39, 0.29) is 11.8 Å². The average Bonchev–Trinajstić information content (AvgIpc) is 2.95. The first-order valence-electron chi connectivity index (χ1n) is 7.32. The van der Waals surface area contributed by atoms with Gasteiger partial charge in [0.25, 0.3) is 5.91 Å². The summed E-state index contributed by atoms with van der Waals surface area (Å²) in [6.07, 6.45) is 0. The molecule has 0 aliphatic heterocycles. The SMILES string of the molecule is CC.Cc1ccc(C)c(NC(=O)c2cc(C(C)C)on2)c1. The van der Waals surface area contributed by atoms with Gasteiger partial charge in [-0.15, -0.1) is 0 Å². The van der Waals surface area contributed by atoms with Crippen molar-refractivity contribution in [1.29, 1.82) is 0 Å². The van der Waals surface area contributed by atoms with E-state index in [1.54, 1.807) is 6.07 Å². The van der Waals surface area contributed by atoms with Gasteiger partial charge in [0, 0.05) is 17.7 Å². The molecule has 0 saturated carbocycles. The number of carbonyl (C=O) groups excluding carboxylic acids is 1. The fourth-order valence-electron chi connectivity index (χ4n) is 1.73. The molecule has 0 bridgehead atoms. The van der Waals surface area contributed by atoms with Crippen LogP contribution in [-0.4, -0.2) is 11.1 Å². The summed E-state index contributed by atoms with van der Waals surface area (Å²) in [4.78, 5) is 12.1. The predicted octanol–water partition coefficient (Wildman–Crippen LogP) is 4.69. The summed E-state index contributed by atoms with van der Waals surface area (Å²) < 4.78 is 5.13. The fraction of sp³-hybridized carbons (Fsp3) is 0.412. The van der Waals surface area contributed by atoms with Crippen LogP contribution in [0.25, 0.3) is 0 Å². The van der Waals surface area contributed by atoms with Crippen LogP contribution in [0, 0.1) is 13.8 Å². The molecule has 1 N–H and O–H groups in total. The Morgan fingerprint density at radius 3 is 2.43 bits per heavy atom. The number of aromatic nitrogens is 1. The average molecular weight is 288 g/mol. The smallest absolute Gasteiger partial charge is 0.277 e. The third-order valence-corrected chi connectivity index (χ3v) is 2.97. The zero-order valence-electron chi connectivity index (χ0n) is 13.7. The Morgan fingerprint density at radius 2 is 1.86 bits per heavy atom. The van der Waals surface area contributed by atoms with Crippen molar-refractivity contribution in [2.75, 3.05) is 5.32 Å². The van der Waals surface area contributed by atoms with Crippen LogP contribution in [0.3, 0.4) is 0 Å². The van der Waals surface area contributed by atoms with Crippen molar-refractivity contribution in [2.45, 2.75) is 47.5 Å². The van der Waals surface area contributed by atoms with E-state index in [1.807, 2.05) is 59.7 Å². The maximum absolute atomic E-state index is 12.1. The Balaban J connectivity index is 0.00000106. The monoisotopic (exact) mass is 288 g/mol. The number of hydrogen-bond donors (Lipinski definition) is 1. The first-order chi connectivity index (χ1) is 9.97. The number of carbonyl (C=O) groups is 1. The molecule has 2 aromatic rings. The number of hydrogen-bond acceptors (Lipinski definition) is 3. The van der Waals surface area contributed by atoms with Gasteiger partial charge in [0.05, 0.1) is 0 Å². The first kappa shape index (κ1) is 17.0. The van der Waals surface area contributed by atoms with Gasteiger partial charge in [0.1, 0.15) is 5.76 Å². The van der Waals surface area contributed by atoms with Gasteiger partial charge in [-0.05, 0) is 31.0 Å². The zero-order chi connectivity index (χ0) is 16.0. The first-order valence-corrected chi connectivity index (χ1v) is 7.32. The van der Waals surface area contributed by atoms with Gasteiger partial charge in [-0.25, -0.2) is 0 Å². The molecule has 0 spiro atoms. The minimum Gasteiger partial charge on any atom is -0.360 e. The normalized spacial score (nSPS) is 10.0. The molecule has 0 fully saturated rings. The summed E-state index contributed by atoms with van der Waals surface area (Å²) >= 11 is 0. The van der Waals surface area contributed by atoms with E-state index in [1.165, 1.54) is 0 Å². The Hall–Kier alpha value is -2.10. The number of rotatable bonds is 3. The highest BCUT2D eigenvalue weighted by atomic mass is 16.5. The Labute approximate surface area is 126 Å². The lowest BCUT2D eigenvalue weighted by Gasteiger charge is -2.07. The summed E-state index contributed by atoms with van der Waals surface area (Å²) in [6, 6.07) is 7.62. The number of aryl methyl sites for hydroxylation is 2. The second-order valence-electron chi connectivity index (χ2n) is 5.04. The molecule has 21 heavy (non-hydrogen) atoms. The summed E-state index contributed by atoms with van der Waals surface area (Å²) in [5, 5.41) is 6.66. The van der Waals surface area contributed by atoms with Crippen molar-refractivity contribution in [3.8, 4) is 0 Å². The van der Waals surface area contributed by atoms with E-state index in [2.05, 4.69) is 10.5 Å². The largest absolute Gasteiger partial charge is 0.360 e. The van der Waals surface area contributed by atoms with Crippen molar-refractivity contribution in [1.82, 2.24) is 5.16 Å². The molecule has 4 nitrogen and oxygen atoms in total. The van der Waals surface area contributed by atoms with Crippen molar-refractivity contribution < 1.29 is 9.32 Å². The molecule has 114 valence electrons. The minimum absolute atomic E-state index is 0.217. The van der Waals surface area contributed by atoms with Crippen LogP contribution < -0.4 is 5.32 Å². The number of anilines is 1. The molecule has 1 aromatic carbocycles. The van der Waals surface area contributed by atoms with Crippen LogP contribution in [0.2, 0.25) is 0 Å². The van der Waals surface area contributed by atoms with Gasteiger partial charge < -0.3 is 9.84 Å². The number of benzene rings is 1.